The average molecular weight is 414 g/mol. The third-order valence-corrected chi connectivity index (χ3v) is 5.28. The van der Waals surface area contributed by atoms with Gasteiger partial charge in [-0.05, 0) is 30.2 Å². The van der Waals surface area contributed by atoms with Crippen LogP contribution < -0.4 is 0 Å². The summed E-state index contributed by atoms with van der Waals surface area (Å²) in [4.78, 5) is 25.8. The van der Waals surface area contributed by atoms with Crippen molar-refractivity contribution in [3.63, 3.8) is 0 Å². The standard InChI is InChI=1S/C16H16BrNO3S2/c1-2-3-4-12(15(20)21)18-14(19)13(23-16(18)22)9-10-5-7-11(17)8-6-10/h5-9,12H,2-4H2,1H3,(H,20,21)/b13-9-/t12-/m0/s1. The zero-order chi connectivity index (χ0) is 17.0. The van der Waals surface area contributed by atoms with Gasteiger partial charge < -0.3 is 5.11 Å². The maximum Gasteiger partial charge on any atom is 0.326 e. The quantitative estimate of drug-likeness (QED) is 0.556. The van der Waals surface area contributed by atoms with Gasteiger partial charge in [0.05, 0.1) is 4.91 Å². The molecule has 1 aromatic carbocycles. The maximum absolute atomic E-state index is 12.6. The summed E-state index contributed by atoms with van der Waals surface area (Å²) in [5.74, 6) is -1.34. The van der Waals surface area contributed by atoms with E-state index in [1.54, 1.807) is 6.08 Å². The van der Waals surface area contributed by atoms with Crippen LogP contribution in [0.15, 0.2) is 33.6 Å². The molecule has 1 heterocycles. The van der Waals surface area contributed by atoms with Crippen molar-refractivity contribution < 1.29 is 14.7 Å². The molecule has 1 aliphatic heterocycles. The van der Waals surface area contributed by atoms with Crippen molar-refractivity contribution in [3.05, 3.63) is 39.2 Å². The van der Waals surface area contributed by atoms with Crippen molar-refractivity contribution in [3.8, 4) is 0 Å². The number of benzene rings is 1. The lowest BCUT2D eigenvalue weighted by molar-refractivity contribution is -0.145. The monoisotopic (exact) mass is 413 g/mol. The normalized spacial score (nSPS) is 17.8. The number of amides is 1. The largest absolute Gasteiger partial charge is 0.480 e. The predicted octanol–water partition coefficient (Wildman–Crippen LogP) is 4.29. The second kappa shape index (κ2) is 8.08. The van der Waals surface area contributed by atoms with E-state index in [9.17, 15) is 14.7 Å². The molecule has 1 atom stereocenters. The van der Waals surface area contributed by atoms with Crippen LogP contribution in [-0.4, -0.2) is 32.2 Å². The molecule has 122 valence electrons. The molecule has 0 aromatic heterocycles. The smallest absolute Gasteiger partial charge is 0.326 e. The van der Waals surface area contributed by atoms with E-state index in [4.69, 9.17) is 12.2 Å². The third kappa shape index (κ3) is 4.43. The molecule has 0 spiro atoms. The van der Waals surface area contributed by atoms with E-state index in [-0.39, 0.29) is 5.91 Å². The highest BCUT2D eigenvalue weighted by Gasteiger charge is 2.40. The molecule has 0 unspecified atom stereocenters. The minimum absolute atomic E-state index is 0.307. The number of carbonyl (C=O) groups excluding carboxylic acids is 1. The molecule has 1 saturated heterocycles. The van der Waals surface area contributed by atoms with Gasteiger partial charge in [-0.3, -0.25) is 9.69 Å². The minimum atomic E-state index is -1.01. The lowest BCUT2D eigenvalue weighted by atomic mass is 10.1. The zero-order valence-electron chi connectivity index (χ0n) is 12.5. The number of aliphatic carboxylic acids is 1. The molecule has 1 aromatic rings. The summed E-state index contributed by atoms with van der Waals surface area (Å²) in [6, 6.07) is 6.63. The van der Waals surface area contributed by atoms with Crippen LogP contribution in [0.2, 0.25) is 0 Å². The van der Waals surface area contributed by atoms with Crippen LogP contribution in [0.4, 0.5) is 0 Å². The van der Waals surface area contributed by atoms with Crippen LogP contribution in [0, 0.1) is 0 Å². The topological polar surface area (TPSA) is 57.6 Å². The van der Waals surface area contributed by atoms with Crippen LogP contribution in [0.1, 0.15) is 31.7 Å². The van der Waals surface area contributed by atoms with E-state index in [2.05, 4.69) is 15.9 Å². The highest BCUT2D eigenvalue weighted by Crippen LogP contribution is 2.35. The maximum atomic E-state index is 12.6. The van der Waals surface area contributed by atoms with E-state index in [0.717, 1.165) is 34.6 Å². The molecule has 0 aliphatic carbocycles. The first-order chi connectivity index (χ1) is 10.9. The fraction of sp³-hybridized carbons (Fsp3) is 0.312. The lowest BCUT2D eigenvalue weighted by Gasteiger charge is -2.22. The van der Waals surface area contributed by atoms with Crippen LogP contribution in [0.5, 0.6) is 0 Å². The molecule has 0 saturated carbocycles. The van der Waals surface area contributed by atoms with Gasteiger partial charge in [0, 0.05) is 4.47 Å². The molecule has 1 amide bonds. The summed E-state index contributed by atoms with van der Waals surface area (Å²) in [6.45, 7) is 1.98. The van der Waals surface area contributed by atoms with Crippen molar-refractivity contribution in [2.24, 2.45) is 0 Å². The highest BCUT2D eigenvalue weighted by atomic mass is 79.9. The van der Waals surface area contributed by atoms with Crippen LogP contribution in [0.3, 0.4) is 0 Å². The Bertz CT molecular complexity index is 658. The molecule has 2 rings (SSSR count). The third-order valence-electron chi connectivity index (χ3n) is 3.42. The fourth-order valence-electron chi connectivity index (χ4n) is 2.22. The van der Waals surface area contributed by atoms with Gasteiger partial charge in [0.1, 0.15) is 10.4 Å². The second-order valence-electron chi connectivity index (χ2n) is 5.10. The summed E-state index contributed by atoms with van der Waals surface area (Å²) < 4.78 is 1.26. The first-order valence-corrected chi connectivity index (χ1v) is 9.21. The number of carboxylic acid groups (broad SMARTS) is 1. The van der Waals surface area contributed by atoms with Crippen molar-refractivity contribution in [1.82, 2.24) is 4.90 Å². The first kappa shape index (κ1) is 18.2. The second-order valence-corrected chi connectivity index (χ2v) is 7.69. The number of rotatable bonds is 6. The number of hydrogen-bond donors (Lipinski definition) is 1. The Hall–Kier alpha value is -1.18. The summed E-state index contributed by atoms with van der Waals surface area (Å²) in [6.07, 6.45) is 3.75. The summed E-state index contributed by atoms with van der Waals surface area (Å²) in [5.41, 5.74) is 0.870. The molecule has 0 bridgehead atoms. The van der Waals surface area contributed by atoms with Crippen LogP contribution in [0.25, 0.3) is 6.08 Å². The number of carbonyl (C=O) groups is 2. The molecule has 1 fully saturated rings. The van der Waals surface area contributed by atoms with Gasteiger partial charge in [-0.25, -0.2) is 4.79 Å². The highest BCUT2D eigenvalue weighted by molar-refractivity contribution is 9.10. The SMILES string of the molecule is CCCC[C@@H](C(=O)O)N1C(=O)/C(=C/c2ccc(Br)cc2)SC1=S. The molecule has 0 radical (unpaired) electrons. The number of thioether (sulfide) groups is 1. The molecular weight excluding hydrogens is 398 g/mol. The molecule has 4 nitrogen and oxygen atoms in total. The number of halogens is 1. The van der Waals surface area contributed by atoms with Gasteiger partial charge in [0.15, 0.2) is 0 Å². The van der Waals surface area contributed by atoms with Crippen LogP contribution in [-0.2, 0) is 9.59 Å². The van der Waals surface area contributed by atoms with E-state index >= 15 is 0 Å². The van der Waals surface area contributed by atoms with Crippen molar-refractivity contribution >= 4 is 62.2 Å². The summed E-state index contributed by atoms with van der Waals surface area (Å²) in [5, 5.41) is 9.41. The Balaban J connectivity index is 2.24. The van der Waals surface area contributed by atoms with E-state index in [0.29, 0.717) is 15.6 Å². The van der Waals surface area contributed by atoms with Gasteiger partial charge in [-0.2, -0.15) is 0 Å². The van der Waals surface area contributed by atoms with E-state index in [1.165, 1.54) is 4.90 Å². The molecule has 1 aliphatic rings. The number of thiocarbonyl (C=S) groups is 1. The Morgan fingerprint density at radius 3 is 2.65 bits per heavy atom. The summed E-state index contributed by atoms with van der Waals surface area (Å²) in [7, 11) is 0. The van der Waals surface area contributed by atoms with Crippen molar-refractivity contribution in [2.45, 2.75) is 32.2 Å². The summed E-state index contributed by atoms with van der Waals surface area (Å²) >= 11 is 9.75. The number of carboxylic acids is 1. The van der Waals surface area contributed by atoms with Gasteiger partial charge in [-0.1, -0.05) is 71.8 Å². The zero-order valence-corrected chi connectivity index (χ0v) is 15.7. The Kier molecular flexibility index (Phi) is 6.38. The van der Waals surface area contributed by atoms with Crippen LogP contribution >= 0.6 is 39.9 Å². The number of hydrogen-bond acceptors (Lipinski definition) is 4. The van der Waals surface area contributed by atoms with Gasteiger partial charge in [0.2, 0.25) is 0 Å². The van der Waals surface area contributed by atoms with E-state index in [1.807, 2.05) is 31.2 Å². The van der Waals surface area contributed by atoms with Crippen molar-refractivity contribution in [2.75, 3.05) is 0 Å². The van der Waals surface area contributed by atoms with Gasteiger partial charge in [0.25, 0.3) is 5.91 Å². The first-order valence-electron chi connectivity index (χ1n) is 7.19. The Morgan fingerprint density at radius 2 is 2.09 bits per heavy atom. The average Bonchev–Trinajstić information content (AvgIpc) is 2.77. The predicted molar refractivity (Wildman–Crippen MR) is 100 cm³/mol. The molecule has 1 N–H and O–H groups in total. The fourth-order valence-corrected chi connectivity index (χ4v) is 3.84. The Labute approximate surface area is 153 Å². The van der Waals surface area contributed by atoms with Gasteiger partial charge in [-0.15, -0.1) is 0 Å². The molecule has 7 heteroatoms. The molecular formula is C16H16BrNO3S2. The van der Waals surface area contributed by atoms with Crippen molar-refractivity contribution in [1.29, 1.82) is 0 Å². The number of unbranched alkanes of at least 4 members (excludes halogenated alkanes) is 1. The minimum Gasteiger partial charge on any atom is -0.480 e. The van der Waals surface area contributed by atoms with Gasteiger partial charge >= 0.3 is 5.97 Å². The lowest BCUT2D eigenvalue weighted by Crippen LogP contribution is -2.43. The Morgan fingerprint density at radius 1 is 1.43 bits per heavy atom. The van der Waals surface area contributed by atoms with E-state index < -0.39 is 12.0 Å². The molecule has 23 heavy (non-hydrogen) atoms. The number of nitrogens with zero attached hydrogens (tertiary/aromatic N) is 1.